The van der Waals surface area contributed by atoms with Crippen molar-refractivity contribution >= 4 is 46.6 Å². The second-order valence-electron chi connectivity index (χ2n) is 5.83. The predicted molar refractivity (Wildman–Crippen MR) is 103 cm³/mol. The van der Waals surface area contributed by atoms with Gasteiger partial charge < -0.3 is 20.7 Å². The van der Waals surface area contributed by atoms with E-state index in [1.54, 1.807) is 4.90 Å². The van der Waals surface area contributed by atoms with Crippen molar-refractivity contribution in [3.63, 3.8) is 0 Å². The molecule has 24 heavy (non-hydrogen) atoms. The first-order chi connectivity index (χ1) is 11.6. The molecule has 0 aliphatic carbocycles. The number of rotatable bonds is 4. The molecule has 2 aliphatic heterocycles. The normalized spacial score (nSPS) is 21.3. The van der Waals surface area contributed by atoms with Crippen LogP contribution >= 0.6 is 24.0 Å². The number of ether oxygens (including phenoxy) is 1. The molecule has 2 fully saturated rings. The third kappa shape index (κ3) is 4.24. The summed E-state index contributed by atoms with van der Waals surface area (Å²) in [5.74, 6) is 2.40. The van der Waals surface area contributed by atoms with E-state index >= 15 is 0 Å². The van der Waals surface area contributed by atoms with Crippen LogP contribution in [-0.2, 0) is 4.74 Å². The first-order valence-electron chi connectivity index (χ1n) is 8.08. The Morgan fingerprint density at radius 3 is 2.79 bits per heavy atom. The van der Waals surface area contributed by atoms with E-state index in [-0.39, 0.29) is 17.3 Å². The second kappa shape index (κ2) is 7.94. The highest BCUT2D eigenvalue weighted by Crippen LogP contribution is 2.26. The van der Waals surface area contributed by atoms with Crippen molar-refractivity contribution in [2.45, 2.75) is 12.5 Å². The molecule has 1 unspecified atom stereocenters. The Labute approximate surface area is 151 Å². The number of hydrogen-bond acceptors (Lipinski definition) is 5. The van der Waals surface area contributed by atoms with Gasteiger partial charge in [0.1, 0.15) is 6.10 Å². The first kappa shape index (κ1) is 17.2. The van der Waals surface area contributed by atoms with Gasteiger partial charge in [0.15, 0.2) is 5.11 Å². The van der Waals surface area contributed by atoms with Crippen molar-refractivity contribution < 1.29 is 9.53 Å². The van der Waals surface area contributed by atoms with Gasteiger partial charge in [-0.1, -0.05) is 0 Å². The number of amides is 1. The van der Waals surface area contributed by atoms with E-state index in [1.165, 1.54) is 17.9 Å². The van der Waals surface area contributed by atoms with Gasteiger partial charge in [0, 0.05) is 30.2 Å². The van der Waals surface area contributed by atoms with E-state index in [2.05, 4.69) is 22.3 Å². The molecule has 0 spiro atoms. The van der Waals surface area contributed by atoms with E-state index in [4.69, 9.17) is 22.7 Å². The lowest BCUT2D eigenvalue weighted by Crippen LogP contribution is -2.37. The molecule has 2 heterocycles. The average molecular weight is 367 g/mol. The van der Waals surface area contributed by atoms with Crippen LogP contribution in [-0.4, -0.2) is 55.0 Å². The van der Waals surface area contributed by atoms with Gasteiger partial charge >= 0.3 is 6.09 Å². The van der Waals surface area contributed by atoms with Crippen LogP contribution in [0.4, 0.5) is 16.2 Å². The standard InChI is InChI=1S/C16H22N4O2S2/c17-15(23)18-10-14-11-20(16(21)22-14)13-4-2-12(3-5-13)19-6-1-8-24-9-7-19/h2-5,14H,1,6-11H2,(H3,17,18,23). The summed E-state index contributed by atoms with van der Waals surface area (Å²) in [6, 6.07) is 8.13. The summed E-state index contributed by atoms with van der Waals surface area (Å²) in [6.07, 6.45) is 0.632. The van der Waals surface area contributed by atoms with Crippen molar-refractivity contribution in [1.82, 2.24) is 5.32 Å². The molecule has 3 rings (SSSR count). The topological polar surface area (TPSA) is 70.8 Å². The van der Waals surface area contributed by atoms with Crippen LogP contribution in [0, 0.1) is 0 Å². The van der Waals surface area contributed by atoms with Gasteiger partial charge in [0.2, 0.25) is 0 Å². The van der Waals surface area contributed by atoms with Gasteiger partial charge in [0.05, 0.1) is 13.1 Å². The smallest absolute Gasteiger partial charge is 0.414 e. The SMILES string of the molecule is NC(=S)NCC1CN(c2ccc(N3CCCSCC3)cc2)C(=O)O1. The van der Waals surface area contributed by atoms with E-state index < -0.39 is 0 Å². The van der Waals surface area contributed by atoms with Crippen molar-refractivity contribution in [3.05, 3.63) is 24.3 Å². The average Bonchev–Trinajstić information content (AvgIpc) is 2.77. The van der Waals surface area contributed by atoms with Crippen LogP contribution in [0.5, 0.6) is 0 Å². The van der Waals surface area contributed by atoms with Crippen LogP contribution in [0.25, 0.3) is 0 Å². The van der Waals surface area contributed by atoms with Crippen molar-refractivity contribution in [2.75, 3.05) is 47.5 Å². The number of cyclic esters (lactones) is 1. The summed E-state index contributed by atoms with van der Waals surface area (Å²) in [7, 11) is 0. The van der Waals surface area contributed by atoms with E-state index in [0.717, 1.165) is 24.5 Å². The van der Waals surface area contributed by atoms with Gasteiger partial charge in [0.25, 0.3) is 0 Å². The minimum Gasteiger partial charge on any atom is -0.442 e. The molecular weight excluding hydrogens is 344 g/mol. The third-order valence-electron chi connectivity index (χ3n) is 4.13. The van der Waals surface area contributed by atoms with Crippen molar-refractivity contribution in [1.29, 1.82) is 0 Å². The molecule has 130 valence electrons. The third-order valence-corrected chi connectivity index (χ3v) is 5.32. The Morgan fingerprint density at radius 2 is 2.04 bits per heavy atom. The van der Waals surface area contributed by atoms with Gasteiger partial charge in [-0.05, 0) is 48.7 Å². The molecule has 2 aliphatic rings. The van der Waals surface area contributed by atoms with Gasteiger partial charge in [-0.15, -0.1) is 0 Å². The van der Waals surface area contributed by atoms with Crippen molar-refractivity contribution in [2.24, 2.45) is 5.73 Å². The maximum atomic E-state index is 12.1. The molecule has 1 atom stereocenters. The monoisotopic (exact) mass is 366 g/mol. The second-order valence-corrected chi connectivity index (χ2v) is 7.50. The van der Waals surface area contributed by atoms with Crippen LogP contribution in [0.15, 0.2) is 24.3 Å². The molecule has 0 bridgehead atoms. The Bertz CT molecular complexity index is 588. The summed E-state index contributed by atoms with van der Waals surface area (Å²) in [5.41, 5.74) is 7.47. The molecule has 1 aromatic carbocycles. The molecule has 6 nitrogen and oxygen atoms in total. The largest absolute Gasteiger partial charge is 0.442 e. The molecule has 0 radical (unpaired) electrons. The number of thioether (sulfide) groups is 1. The van der Waals surface area contributed by atoms with Crippen molar-refractivity contribution in [3.8, 4) is 0 Å². The highest BCUT2D eigenvalue weighted by molar-refractivity contribution is 7.99. The number of anilines is 2. The minimum absolute atomic E-state index is 0.212. The molecule has 0 saturated carbocycles. The Morgan fingerprint density at radius 1 is 1.29 bits per heavy atom. The molecule has 3 N–H and O–H groups in total. The molecular formula is C16H22N4O2S2. The number of carbonyl (C=O) groups excluding carboxylic acids is 1. The summed E-state index contributed by atoms with van der Waals surface area (Å²) >= 11 is 6.78. The van der Waals surface area contributed by atoms with Gasteiger partial charge in [-0.2, -0.15) is 11.8 Å². The van der Waals surface area contributed by atoms with Crippen LogP contribution in [0.2, 0.25) is 0 Å². The highest BCUT2D eigenvalue weighted by atomic mass is 32.2. The Hall–Kier alpha value is -1.67. The molecule has 1 aromatic rings. The highest BCUT2D eigenvalue weighted by Gasteiger charge is 2.32. The van der Waals surface area contributed by atoms with Crippen LogP contribution < -0.4 is 20.9 Å². The quantitative estimate of drug-likeness (QED) is 0.787. The van der Waals surface area contributed by atoms with E-state index in [1.807, 2.05) is 23.9 Å². The lowest BCUT2D eigenvalue weighted by Gasteiger charge is -2.23. The maximum Gasteiger partial charge on any atom is 0.414 e. The summed E-state index contributed by atoms with van der Waals surface area (Å²) in [6.45, 7) is 3.09. The minimum atomic E-state index is -0.330. The number of carbonyl (C=O) groups is 1. The van der Waals surface area contributed by atoms with Crippen LogP contribution in [0.3, 0.4) is 0 Å². The molecule has 2 saturated heterocycles. The lowest BCUT2D eigenvalue weighted by atomic mass is 10.2. The van der Waals surface area contributed by atoms with E-state index in [9.17, 15) is 4.79 Å². The number of nitrogens with one attached hydrogen (secondary N) is 1. The molecule has 1 amide bonds. The molecule has 8 heteroatoms. The summed E-state index contributed by atoms with van der Waals surface area (Å²) < 4.78 is 5.34. The Kier molecular flexibility index (Phi) is 5.68. The first-order valence-corrected chi connectivity index (χ1v) is 9.64. The number of benzene rings is 1. The summed E-state index contributed by atoms with van der Waals surface area (Å²) in [4.78, 5) is 16.1. The zero-order valence-corrected chi connectivity index (χ0v) is 15.1. The lowest BCUT2D eigenvalue weighted by molar-refractivity contribution is 0.143. The maximum absolute atomic E-state index is 12.1. The fraction of sp³-hybridized carbons (Fsp3) is 0.500. The zero-order chi connectivity index (χ0) is 16.9. The number of thiocarbonyl (C=S) groups is 1. The van der Waals surface area contributed by atoms with Gasteiger partial charge in [-0.3, -0.25) is 4.90 Å². The predicted octanol–water partition coefficient (Wildman–Crippen LogP) is 1.79. The Balaban J connectivity index is 1.62. The number of hydrogen-bond donors (Lipinski definition) is 2. The molecule has 0 aromatic heterocycles. The number of nitrogens with two attached hydrogens (primary N) is 1. The fourth-order valence-electron chi connectivity index (χ4n) is 2.90. The fourth-order valence-corrected chi connectivity index (χ4v) is 3.87. The summed E-state index contributed by atoms with van der Waals surface area (Å²) in [5, 5.41) is 3.05. The van der Waals surface area contributed by atoms with Crippen LogP contribution in [0.1, 0.15) is 6.42 Å². The van der Waals surface area contributed by atoms with E-state index in [0.29, 0.717) is 13.1 Å². The van der Waals surface area contributed by atoms with Gasteiger partial charge in [-0.25, -0.2) is 4.79 Å². The number of nitrogens with zero attached hydrogens (tertiary/aromatic N) is 2. The zero-order valence-electron chi connectivity index (χ0n) is 13.4.